The average molecular weight is 235 g/mol. The first-order chi connectivity index (χ1) is 7.10. The third kappa shape index (κ3) is 3.24. The highest BCUT2D eigenvalue weighted by Crippen LogP contribution is 2.32. The van der Waals surface area contributed by atoms with E-state index in [4.69, 9.17) is 11.6 Å². The van der Waals surface area contributed by atoms with Gasteiger partial charge in [0.05, 0.1) is 5.54 Å². The highest BCUT2D eigenvalue weighted by molar-refractivity contribution is 6.18. The molecule has 1 saturated carbocycles. The average Bonchev–Trinajstić information content (AvgIpc) is 2.26. The van der Waals surface area contributed by atoms with E-state index >= 15 is 0 Å². The van der Waals surface area contributed by atoms with Crippen LogP contribution >= 0.6 is 11.6 Å². The van der Waals surface area contributed by atoms with Crippen molar-refractivity contribution in [1.82, 2.24) is 10.4 Å². The lowest BCUT2D eigenvalue weighted by Crippen LogP contribution is -2.52. The van der Waals surface area contributed by atoms with Crippen LogP contribution in [0.4, 0.5) is 4.79 Å². The Bertz CT molecular complexity index is 217. The standard InChI is InChI=1S/C10H19ClN2O2/c1-10(5-3-2-4-6-10)13(15)9(14)12-8-7-11/h15H,2-8H2,1H3,(H,12,14). The van der Waals surface area contributed by atoms with E-state index in [0.717, 1.165) is 30.7 Å². The maximum atomic E-state index is 11.5. The summed E-state index contributed by atoms with van der Waals surface area (Å²) in [7, 11) is 0. The van der Waals surface area contributed by atoms with Crippen LogP contribution in [0.15, 0.2) is 0 Å². The zero-order chi connectivity index (χ0) is 11.3. The van der Waals surface area contributed by atoms with Crippen molar-refractivity contribution >= 4 is 17.6 Å². The van der Waals surface area contributed by atoms with Gasteiger partial charge in [-0.1, -0.05) is 19.3 Å². The van der Waals surface area contributed by atoms with Crippen LogP contribution in [0, 0.1) is 0 Å². The van der Waals surface area contributed by atoms with Crippen LogP contribution in [-0.2, 0) is 0 Å². The third-order valence-corrected chi connectivity index (χ3v) is 3.19. The van der Waals surface area contributed by atoms with Gasteiger partial charge in [-0.2, -0.15) is 0 Å². The number of halogens is 1. The molecule has 0 aliphatic heterocycles. The Kier molecular flexibility index (Phi) is 4.67. The number of rotatable bonds is 3. The fraction of sp³-hybridized carbons (Fsp3) is 0.900. The van der Waals surface area contributed by atoms with Gasteiger partial charge < -0.3 is 5.32 Å². The number of nitrogens with one attached hydrogen (secondary N) is 1. The van der Waals surface area contributed by atoms with E-state index in [0.29, 0.717) is 12.4 Å². The zero-order valence-electron chi connectivity index (χ0n) is 9.13. The molecule has 1 fully saturated rings. The molecule has 5 heteroatoms. The van der Waals surface area contributed by atoms with E-state index in [1.807, 2.05) is 6.92 Å². The van der Waals surface area contributed by atoms with Gasteiger partial charge in [-0.05, 0) is 19.8 Å². The Labute approximate surface area is 95.5 Å². The second-order valence-corrected chi connectivity index (χ2v) is 4.67. The molecule has 1 rings (SSSR count). The number of hydroxylamine groups is 2. The van der Waals surface area contributed by atoms with E-state index in [1.165, 1.54) is 6.42 Å². The lowest BCUT2D eigenvalue weighted by Gasteiger charge is -2.39. The van der Waals surface area contributed by atoms with Crippen molar-refractivity contribution in [3.05, 3.63) is 0 Å². The third-order valence-electron chi connectivity index (χ3n) is 3.01. The van der Waals surface area contributed by atoms with Gasteiger partial charge >= 0.3 is 6.03 Å². The van der Waals surface area contributed by atoms with Crippen molar-refractivity contribution in [2.24, 2.45) is 0 Å². The topological polar surface area (TPSA) is 52.6 Å². The smallest absolute Gasteiger partial charge is 0.335 e. The van der Waals surface area contributed by atoms with Gasteiger partial charge in [0, 0.05) is 12.4 Å². The molecule has 15 heavy (non-hydrogen) atoms. The Morgan fingerprint density at radius 3 is 2.60 bits per heavy atom. The van der Waals surface area contributed by atoms with Crippen molar-refractivity contribution in [2.75, 3.05) is 12.4 Å². The molecule has 0 heterocycles. The number of hydrogen-bond donors (Lipinski definition) is 2. The lowest BCUT2D eigenvalue weighted by atomic mass is 9.83. The molecule has 2 N–H and O–H groups in total. The molecule has 88 valence electrons. The molecule has 2 amide bonds. The number of urea groups is 1. The predicted octanol–water partition coefficient (Wildman–Crippen LogP) is 2.35. The van der Waals surface area contributed by atoms with E-state index in [9.17, 15) is 10.0 Å². The van der Waals surface area contributed by atoms with Gasteiger partial charge in [-0.25, -0.2) is 9.86 Å². The van der Waals surface area contributed by atoms with Crippen LogP contribution < -0.4 is 5.32 Å². The maximum absolute atomic E-state index is 11.5. The van der Waals surface area contributed by atoms with E-state index in [-0.39, 0.29) is 0 Å². The summed E-state index contributed by atoms with van der Waals surface area (Å²) >= 11 is 5.46. The minimum absolute atomic E-state index is 0.357. The number of alkyl halides is 1. The highest BCUT2D eigenvalue weighted by Gasteiger charge is 2.35. The second-order valence-electron chi connectivity index (χ2n) is 4.29. The molecule has 0 aromatic heterocycles. The lowest BCUT2D eigenvalue weighted by molar-refractivity contribution is -0.132. The first-order valence-corrected chi connectivity index (χ1v) is 5.96. The number of carbonyl (C=O) groups excluding carboxylic acids is 1. The number of nitrogens with zero attached hydrogens (tertiary/aromatic N) is 1. The fourth-order valence-electron chi connectivity index (χ4n) is 2.00. The van der Waals surface area contributed by atoms with Crippen molar-refractivity contribution in [3.63, 3.8) is 0 Å². The van der Waals surface area contributed by atoms with Gasteiger partial charge in [0.15, 0.2) is 0 Å². The van der Waals surface area contributed by atoms with Gasteiger partial charge in [-0.15, -0.1) is 11.6 Å². The molecule has 4 nitrogen and oxygen atoms in total. The summed E-state index contributed by atoms with van der Waals surface area (Å²) < 4.78 is 0. The molecule has 1 aliphatic rings. The molecule has 0 aromatic rings. The highest BCUT2D eigenvalue weighted by atomic mass is 35.5. The van der Waals surface area contributed by atoms with Crippen molar-refractivity contribution in [2.45, 2.75) is 44.6 Å². The molecule has 0 bridgehead atoms. The van der Waals surface area contributed by atoms with Crippen molar-refractivity contribution in [1.29, 1.82) is 0 Å². The Hall–Kier alpha value is -0.480. The summed E-state index contributed by atoms with van der Waals surface area (Å²) in [5.41, 5.74) is -0.408. The molecule has 0 unspecified atom stereocenters. The second kappa shape index (κ2) is 5.56. The summed E-state index contributed by atoms with van der Waals surface area (Å²) in [6.45, 7) is 2.31. The van der Waals surface area contributed by atoms with Gasteiger partial charge in [0.25, 0.3) is 0 Å². The largest absolute Gasteiger partial charge is 0.341 e. The first kappa shape index (κ1) is 12.6. The van der Waals surface area contributed by atoms with Crippen LogP contribution in [-0.4, -0.2) is 34.3 Å². The van der Waals surface area contributed by atoms with Crippen molar-refractivity contribution in [3.8, 4) is 0 Å². The Morgan fingerprint density at radius 2 is 2.07 bits per heavy atom. The summed E-state index contributed by atoms with van der Waals surface area (Å²) in [6, 6.07) is -0.444. The van der Waals surface area contributed by atoms with E-state index in [2.05, 4.69) is 5.32 Å². The monoisotopic (exact) mass is 234 g/mol. The number of carbonyl (C=O) groups is 1. The van der Waals surface area contributed by atoms with E-state index in [1.54, 1.807) is 0 Å². The van der Waals surface area contributed by atoms with Crippen LogP contribution in [0.25, 0.3) is 0 Å². The van der Waals surface area contributed by atoms with Crippen LogP contribution in [0.5, 0.6) is 0 Å². The molecule has 0 spiro atoms. The molecule has 0 atom stereocenters. The van der Waals surface area contributed by atoms with Crippen LogP contribution in [0.1, 0.15) is 39.0 Å². The summed E-state index contributed by atoms with van der Waals surface area (Å²) in [4.78, 5) is 11.5. The fourth-order valence-corrected chi connectivity index (χ4v) is 2.09. The minimum Gasteiger partial charge on any atom is -0.335 e. The summed E-state index contributed by atoms with van der Waals surface area (Å²) in [5.74, 6) is 0.357. The van der Waals surface area contributed by atoms with Gasteiger partial charge in [0.1, 0.15) is 0 Å². The molecule has 1 aliphatic carbocycles. The minimum atomic E-state index is -0.444. The van der Waals surface area contributed by atoms with Gasteiger partial charge in [0.2, 0.25) is 0 Å². The number of hydrogen-bond acceptors (Lipinski definition) is 2. The van der Waals surface area contributed by atoms with Crippen LogP contribution in [0.2, 0.25) is 0 Å². The van der Waals surface area contributed by atoms with Crippen molar-refractivity contribution < 1.29 is 10.0 Å². The maximum Gasteiger partial charge on any atom is 0.341 e. The predicted molar refractivity (Wildman–Crippen MR) is 59.2 cm³/mol. The Balaban J connectivity index is 2.49. The molecule has 0 saturated heterocycles. The summed E-state index contributed by atoms with van der Waals surface area (Å²) in [6.07, 6.45) is 5.04. The quantitative estimate of drug-likeness (QED) is 0.448. The zero-order valence-corrected chi connectivity index (χ0v) is 9.89. The van der Waals surface area contributed by atoms with Gasteiger partial charge in [-0.3, -0.25) is 5.21 Å². The van der Waals surface area contributed by atoms with Crippen LogP contribution in [0.3, 0.4) is 0 Å². The normalized spacial score (nSPS) is 19.7. The Morgan fingerprint density at radius 1 is 1.47 bits per heavy atom. The molecular weight excluding hydrogens is 216 g/mol. The molecule has 0 radical (unpaired) electrons. The molecule has 0 aromatic carbocycles. The molecular formula is C10H19ClN2O2. The SMILES string of the molecule is CC1(N(O)C(=O)NCCCl)CCCCC1. The first-order valence-electron chi connectivity index (χ1n) is 5.43. The number of amides is 2. The summed E-state index contributed by atoms with van der Waals surface area (Å²) in [5, 5.41) is 13.2. The van der Waals surface area contributed by atoms with E-state index < -0.39 is 11.6 Å².